The maximum atomic E-state index is 13.5. The number of imidazole rings is 1. The average Bonchev–Trinajstić information content (AvgIpc) is 3.38. The van der Waals surface area contributed by atoms with Crippen molar-refractivity contribution < 1.29 is 13.6 Å². The Hall–Kier alpha value is -3.53. The fourth-order valence-corrected chi connectivity index (χ4v) is 5.00. The fraction of sp³-hybridized carbons (Fsp3) is 0.320. The zero-order chi connectivity index (χ0) is 24.7. The second-order valence-corrected chi connectivity index (χ2v) is 10.5. The topological polar surface area (TPSA) is 65.8 Å². The fourth-order valence-electron chi connectivity index (χ4n) is 4.05. The lowest BCUT2D eigenvalue weighted by molar-refractivity contribution is 0.0746. The Morgan fingerprint density at radius 2 is 1.71 bits per heavy atom. The molecule has 1 saturated heterocycles. The minimum atomic E-state index is -0.416. The van der Waals surface area contributed by atoms with Crippen LogP contribution in [-0.4, -0.2) is 57.1 Å². The van der Waals surface area contributed by atoms with Gasteiger partial charge in [-0.3, -0.25) is 4.79 Å². The van der Waals surface area contributed by atoms with Gasteiger partial charge in [0.1, 0.15) is 17.3 Å². The van der Waals surface area contributed by atoms with E-state index in [1.54, 1.807) is 33.7 Å². The summed E-state index contributed by atoms with van der Waals surface area (Å²) in [6, 6.07) is 12.1. The first-order chi connectivity index (χ1) is 16.7. The van der Waals surface area contributed by atoms with Crippen molar-refractivity contribution in [1.82, 2.24) is 19.5 Å². The molecule has 4 aromatic rings. The second kappa shape index (κ2) is 8.92. The summed E-state index contributed by atoms with van der Waals surface area (Å²) in [7, 11) is 0. The van der Waals surface area contributed by atoms with E-state index in [1.165, 1.54) is 35.6 Å². The maximum Gasteiger partial charge on any atom is 0.254 e. The highest BCUT2D eigenvalue weighted by molar-refractivity contribution is 7.20. The number of carbonyl (C=O) groups excluding carboxylic acids is 1. The van der Waals surface area contributed by atoms with Gasteiger partial charge in [0.2, 0.25) is 10.1 Å². The van der Waals surface area contributed by atoms with Crippen LogP contribution >= 0.6 is 11.3 Å². The van der Waals surface area contributed by atoms with Crippen LogP contribution in [-0.2, 0) is 0 Å². The molecule has 182 valence electrons. The molecular formula is C25H26F2N6OS. The number of hydrogen-bond acceptors (Lipinski definition) is 6. The number of rotatable bonds is 4. The van der Waals surface area contributed by atoms with Crippen LogP contribution in [0.5, 0.6) is 0 Å². The zero-order valence-corrected chi connectivity index (χ0v) is 20.6. The van der Waals surface area contributed by atoms with Gasteiger partial charge in [0, 0.05) is 42.8 Å². The molecule has 0 bridgehead atoms. The van der Waals surface area contributed by atoms with Gasteiger partial charge in [-0.2, -0.15) is 4.52 Å². The van der Waals surface area contributed by atoms with Crippen molar-refractivity contribution in [3.8, 4) is 11.3 Å². The minimum Gasteiger partial charge on any atom is -0.364 e. The molecule has 35 heavy (non-hydrogen) atoms. The number of nitrogens with one attached hydrogen (secondary N) is 1. The Labute approximate surface area is 206 Å². The number of halogens is 2. The van der Waals surface area contributed by atoms with Gasteiger partial charge in [0.15, 0.2) is 5.82 Å². The predicted octanol–water partition coefficient (Wildman–Crippen LogP) is 4.91. The molecule has 0 spiro atoms. The quantitative estimate of drug-likeness (QED) is 0.435. The SMILES string of the molecule is CC(C)(C)Nc1c(-c2ccc(F)cc2)nc2sc(N3CCN(C(=O)c4cccc(F)c4)CC3)nn12. The number of nitrogens with zero attached hydrogens (tertiary/aromatic N) is 5. The summed E-state index contributed by atoms with van der Waals surface area (Å²) in [5.41, 5.74) is 1.65. The number of benzene rings is 2. The van der Waals surface area contributed by atoms with Gasteiger partial charge < -0.3 is 15.1 Å². The highest BCUT2D eigenvalue weighted by atomic mass is 32.1. The van der Waals surface area contributed by atoms with Crippen molar-refractivity contribution in [2.24, 2.45) is 0 Å². The average molecular weight is 497 g/mol. The third-order valence-electron chi connectivity index (χ3n) is 5.71. The van der Waals surface area contributed by atoms with Crippen molar-refractivity contribution in [2.75, 3.05) is 36.4 Å². The molecule has 1 N–H and O–H groups in total. The molecule has 3 heterocycles. The van der Waals surface area contributed by atoms with Gasteiger partial charge in [-0.25, -0.2) is 13.8 Å². The summed E-state index contributed by atoms with van der Waals surface area (Å²) in [6.07, 6.45) is 0. The Balaban J connectivity index is 1.38. The van der Waals surface area contributed by atoms with Crippen molar-refractivity contribution >= 4 is 33.2 Å². The molecule has 7 nitrogen and oxygen atoms in total. The Kier molecular flexibility index (Phi) is 5.92. The molecule has 5 rings (SSSR count). The first kappa shape index (κ1) is 23.2. The number of aromatic nitrogens is 3. The number of anilines is 2. The standard InChI is InChI=1S/C25H26F2N6OS/c1-25(2,3)29-21-20(16-7-9-18(26)10-8-16)28-23-33(21)30-24(35-23)32-13-11-31(12-14-32)22(34)17-5-4-6-19(27)15-17/h4-10,15,29H,11-14H2,1-3H3. The minimum absolute atomic E-state index is 0.168. The third-order valence-corrected chi connectivity index (χ3v) is 6.68. The third kappa shape index (κ3) is 4.84. The van der Waals surface area contributed by atoms with E-state index in [1.807, 2.05) is 0 Å². The summed E-state index contributed by atoms with van der Waals surface area (Å²) in [6.45, 7) is 8.44. The van der Waals surface area contributed by atoms with Crippen molar-refractivity contribution in [3.63, 3.8) is 0 Å². The number of hydrogen-bond donors (Lipinski definition) is 1. The van der Waals surface area contributed by atoms with E-state index < -0.39 is 5.82 Å². The Morgan fingerprint density at radius 3 is 2.37 bits per heavy atom. The number of fused-ring (bicyclic) bond motifs is 1. The van der Waals surface area contributed by atoms with Crippen LogP contribution in [0.15, 0.2) is 48.5 Å². The van der Waals surface area contributed by atoms with E-state index in [4.69, 9.17) is 10.1 Å². The summed E-state index contributed by atoms with van der Waals surface area (Å²) < 4.78 is 28.8. The highest BCUT2D eigenvalue weighted by Gasteiger charge is 2.27. The van der Waals surface area contributed by atoms with Crippen molar-refractivity contribution in [3.05, 3.63) is 65.7 Å². The summed E-state index contributed by atoms with van der Waals surface area (Å²) in [5, 5.41) is 9.14. The molecule has 2 aromatic carbocycles. The molecule has 0 atom stereocenters. The van der Waals surface area contributed by atoms with Gasteiger partial charge in [0.05, 0.1) is 0 Å². The van der Waals surface area contributed by atoms with Gasteiger partial charge in [-0.1, -0.05) is 17.4 Å². The lowest BCUT2D eigenvalue weighted by atomic mass is 10.1. The van der Waals surface area contributed by atoms with Gasteiger partial charge in [-0.15, -0.1) is 5.10 Å². The van der Waals surface area contributed by atoms with E-state index in [0.29, 0.717) is 31.7 Å². The Morgan fingerprint density at radius 1 is 1.00 bits per heavy atom. The monoisotopic (exact) mass is 496 g/mol. The van der Waals surface area contributed by atoms with Crippen molar-refractivity contribution in [2.45, 2.75) is 26.3 Å². The predicted molar refractivity (Wildman–Crippen MR) is 134 cm³/mol. The molecule has 2 aromatic heterocycles. The molecule has 1 aliphatic heterocycles. The molecule has 10 heteroatoms. The molecule has 0 aliphatic carbocycles. The van der Waals surface area contributed by atoms with E-state index in [2.05, 4.69) is 31.0 Å². The lowest BCUT2D eigenvalue weighted by Crippen LogP contribution is -2.48. The van der Waals surface area contributed by atoms with Gasteiger partial charge >= 0.3 is 0 Å². The smallest absolute Gasteiger partial charge is 0.254 e. The Bertz CT molecular complexity index is 1370. The van der Waals surface area contributed by atoms with Crippen LogP contribution in [0.3, 0.4) is 0 Å². The van der Waals surface area contributed by atoms with Crippen LogP contribution in [0, 0.1) is 11.6 Å². The summed E-state index contributed by atoms with van der Waals surface area (Å²) >= 11 is 1.47. The highest BCUT2D eigenvalue weighted by Crippen LogP contribution is 2.35. The summed E-state index contributed by atoms with van der Waals surface area (Å²) in [5.74, 6) is -0.129. The van der Waals surface area contributed by atoms with Crippen LogP contribution in [0.2, 0.25) is 0 Å². The molecule has 1 amide bonds. The first-order valence-electron chi connectivity index (χ1n) is 11.4. The van der Waals surface area contributed by atoms with Crippen LogP contribution < -0.4 is 10.2 Å². The molecule has 0 radical (unpaired) electrons. The second-order valence-electron chi connectivity index (χ2n) is 9.56. The molecule has 1 fully saturated rings. The van der Waals surface area contributed by atoms with Gasteiger partial charge in [-0.05, 0) is 63.2 Å². The van der Waals surface area contributed by atoms with Crippen LogP contribution in [0.25, 0.3) is 16.2 Å². The maximum absolute atomic E-state index is 13.5. The van der Waals surface area contributed by atoms with E-state index in [0.717, 1.165) is 27.2 Å². The van der Waals surface area contributed by atoms with E-state index >= 15 is 0 Å². The normalized spacial score (nSPS) is 14.5. The number of carbonyl (C=O) groups is 1. The van der Waals surface area contributed by atoms with Crippen LogP contribution in [0.4, 0.5) is 19.7 Å². The largest absolute Gasteiger partial charge is 0.364 e. The molecule has 0 saturated carbocycles. The van der Waals surface area contributed by atoms with E-state index in [-0.39, 0.29) is 17.3 Å². The van der Waals surface area contributed by atoms with Gasteiger partial charge in [0.25, 0.3) is 5.91 Å². The molecule has 0 unspecified atom stereocenters. The summed E-state index contributed by atoms with van der Waals surface area (Å²) in [4.78, 5) is 22.2. The van der Waals surface area contributed by atoms with Crippen LogP contribution in [0.1, 0.15) is 31.1 Å². The van der Waals surface area contributed by atoms with Crippen molar-refractivity contribution in [1.29, 1.82) is 0 Å². The number of amides is 1. The molecular weight excluding hydrogens is 470 g/mol. The lowest BCUT2D eigenvalue weighted by Gasteiger charge is -2.34. The number of piperazine rings is 1. The molecule has 1 aliphatic rings. The zero-order valence-electron chi connectivity index (χ0n) is 19.8. The first-order valence-corrected chi connectivity index (χ1v) is 12.2. The van der Waals surface area contributed by atoms with E-state index in [9.17, 15) is 13.6 Å².